The maximum absolute atomic E-state index is 8.66. The Morgan fingerprint density at radius 3 is 3.06 bits per heavy atom. The van der Waals surface area contributed by atoms with Crippen molar-refractivity contribution in [1.29, 1.82) is 5.26 Å². The van der Waals surface area contributed by atoms with Crippen molar-refractivity contribution in [3.05, 3.63) is 36.0 Å². The molecule has 0 spiro atoms. The summed E-state index contributed by atoms with van der Waals surface area (Å²) in [6, 6.07) is 10.5. The average molecular weight is 227 g/mol. The molecule has 3 heteroatoms. The number of para-hydroxylation sites is 1. The first-order valence-corrected chi connectivity index (χ1v) is 5.96. The minimum Gasteiger partial charge on any atom is -0.361 e. The molecule has 2 aromatic rings. The van der Waals surface area contributed by atoms with E-state index in [1.54, 1.807) is 0 Å². The van der Waals surface area contributed by atoms with Gasteiger partial charge in [0.2, 0.25) is 0 Å². The number of nitrogens with zero attached hydrogens (tertiary/aromatic N) is 1. The molecule has 88 valence electrons. The zero-order chi connectivity index (χ0) is 12.1. The van der Waals surface area contributed by atoms with E-state index in [1.165, 1.54) is 16.5 Å². The molecule has 0 radical (unpaired) electrons. The molecular formula is C14H17N3. The molecule has 0 saturated carbocycles. The van der Waals surface area contributed by atoms with Crippen molar-refractivity contribution in [2.45, 2.75) is 13.3 Å². The number of aromatic amines is 1. The van der Waals surface area contributed by atoms with Gasteiger partial charge in [0, 0.05) is 23.6 Å². The number of benzene rings is 1. The molecule has 1 unspecified atom stereocenters. The van der Waals surface area contributed by atoms with E-state index in [4.69, 9.17) is 5.26 Å². The number of H-pyrrole nitrogens is 1. The van der Waals surface area contributed by atoms with Gasteiger partial charge in [-0.05, 0) is 31.5 Å². The van der Waals surface area contributed by atoms with E-state index in [9.17, 15) is 0 Å². The third-order valence-electron chi connectivity index (χ3n) is 2.92. The molecule has 2 rings (SSSR count). The summed E-state index contributed by atoms with van der Waals surface area (Å²) < 4.78 is 0. The molecule has 3 nitrogen and oxygen atoms in total. The van der Waals surface area contributed by atoms with Gasteiger partial charge in [0.15, 0.2) is 0 Å². The highest BCUT2D eigenvalue weighted by atomic mass is 14.9. The Labute approximate surface area is 101 Å². The fourth-order valence-electron chi connectivity index (χ4n) is 1.93. The highest BCUT2D eigenvalue weighted by Gasteiger charge is 2.03. The highest BCUT2D eigenvalue weighted by Crippen LogP contribution is 2.17. The molecule has 0 bridgehead atoms. The van der Waals surface area contributed by atoms with E-state index in [1.807, 2.05) is 13.0 Å². The Bertz CT molecular complexity index is 521. The first kappa shape index (κ1) is 11.7. The summed E-state index contributed by atoms with van der Waals surface area (Å²) in [5.74, 6) is 0.0815. The standard InChI is InChI=1S/C14H17N3/c1-11(8-15)9-16-7-6-12-10-17-14-5-3-2-4-13(12)14/h2-5,10-11,16-17H,6-7,9H2,1H3. The van der Waals surface area contributed by atoms with Crippen molar-refractivity contribution in [1.82, 2.24) is 10.3 Å². The summed E-state index contributed by atoms with van der Waals surface area (Å²) >= 11 is 0. The molecule has 0 aliphatic rings. The first-order valence-electron chi connectivity index (χ1n) is 5.96. The van der Waals surface area contributed by atoms with Crippen molar-refractivity contribution in [2.24, 2.45) is 5.92 Å². The van der Waals surface area contributed by atoms with Crippen molar-refractivity contribution < 1.29 is 0 Å². The zero-order valence-corrected chi connectivity index (χ0v) is 10.0. The largest absolute Gasteiger partial charge is 0.361 e. The van der Waals surface area contributed by atoms with Crippen LogP contribution in [-0.2, 0) is 6.42 Å². The zero-order valence-electron chi connectivity index (χ0n) is 10.0. The normalized spacial score (nSPS) is 12.5. The second-order valence-electron chi connectivity index (χ2n) is 4.34. The van der Waals surface area contributed by atoms with Crippen LogP contribution in [0.5, 0.6) is 0 Å². The summed E-state index contributed by atoms with van der Waals surface area (Å²) in [5, 5.41) is 13.3. The van der Waals surface area contributed by atoms with Gasteiger partial charge in [-0.2, -0.15) is 5.26 Å². The van der Waals surface area contributed by atoms with Gasteiger partial charge < -0.3 is 10.3 Å². The van der Waals surface area contributed by atoms with Crippen LogP contribution in [0.2, 0.25) is 0 Å². The number of nitrogens with one attached hydrogen (secondary N) is 2. The molecule has 1 aromatic carbocycles. The SMILES string of the molecule is CC(C#N)CNCCc1c[nH]c2ccccc12. The van der Waals surface area contributed by atoms with E-state index in [0.29, 0.717) is 0 Å². The van der Waals surface area contributed by atoms with Crippen LogP contribution >= 0.6 is 0 Å². The summed E-state index contributed by atoms with van der Waals surface area (Å²) in [6.07, 6.45) is 3.06. The molecular weight excluding hydrogens is 210 g/mol. The van der Waals surface area contributed by atoms with Crippen molar-refractivity contribution in [3.63, 3.8) is 0 Å². The third-order valence-corrected chi connectivity index (χ3v) is 2.92. The van der Waals surface area contributed by atoms with E-state index in [0.717, 1.165) is 19.5 Å². The fraction of sp³-hybridized carbons (Fsp3) is 0.357. The molecule has 0 fully saturated rings. The van der Waals surface area contributed by atoms with Crippen molar-refractivity contribution in [2.75, 3.05) is 13.1 Å². The molecule has 17 heavy (non-hydrogen) atoms. The van der Waals surface area contributed by atoms with Gasteiger partial charge in [0.1, 0.15) is 0 Å². The first-order chi connectivity index (χ1) is 8.31. The molecule has 0 amide bonds. The van der Waals surface area contributed by atoms with Crippen LogP contribution in [0.4, 0.5) is 0 Å². The number of fused-ring (bicyclic) bond motifs is 1. The lowest BCUT2D eigenvalue weighted by atomic mass is 10.1. The van der Waals surface area contributed by atoms with Gasteiger partial charge in [-0.1, -0.05) is 18.2 Å². The minimum atomic E-state index is 0.0815. The lowest BCUT2D eigenvalue weighted by Crippen LogP contribution is -2.22. The van der Waals surface area contributed by atoms with Crippen LogP contribution in [0.1, 0.15) is 12.5 Å². The van der Waals surface area contributed by atoms with Gasteiger partial charge in [-0.25, -0.2) is 0 Å². The predicted molar refractivity (Wildman–Crippen MR) is 69.6 cm³/mol. The van der Waals surface area contributed by atoms with E-state index in [-0.39, 0.29) is 5.92 Å². The number of aromatic nitrogens is 1. The number of hydrogen-bond donors (Lipinski definition) is 2. The lowest BCUT2D eigenvalue weighted by Gasteiger charge is -2.05. The average Bonchev–Trinajstić information content (AvgIpc) is 2.78. The number of rotatable bonds is 5. The van der Waals surface area contributed by atoms with Gasteiger partial charge >= 0.3 is 0 Å². The van der Waals surface area contributed by atoms with Crippen LogP contribution in [0.3, 0.4) is 0 Å². The predicted octanol–water partition coefficient (Wildman–Crippen LogP) is 2.46. The van der Waals surface area contributed by atoms with E-state index in [2.05, 4.69) is 40.8 Å². The Morgan fingerprint density at radius 1 is 1.41 bits per heavy atom. The van der Waals surface area contributed by atoms with Crippen LogP contribution in [0, 0.1) is 17.2 Å². The van der Waals surface area contributed by atoms with Crippen LogP contribution < -0.4 is 5.32 Å². The highest BCUT2D eigenvalue weighted by molar-refractivity contribution is 5.83. The Balaban J connectivity index is 1.89. The molecule has 0 aliphatic heterocycles. The third kappa shape index (κ3) is 2.86. The molecule has 1 aromatic heterocycles. The second-order valence-corrected chi connectivity index (χ2v) is 4.34. The fourth-order valence-corrected chi connectivity index (χ4v) is 1.93. The van der Waals surface area contributed by atoms with Crippen molar-refractivity contribution >= 4 is 10.9 Å². The summed E-state index contributed by atoms with van der Waals surface area (Å²) in [7, 11) is 0. The van der Waals surface area contributed by atoms with Gasteiger partial charge in [-0.15, -0.1) is 0 Å². The summed E-state index contributed by atoms with van der Waals surface area (Å²) in [6.45, 7) is 3.60. The minimum absolute atomic E-state index is 0.0815. The van der Waals surface area contributed by atoms with Crippen LogP contribution in [-0.4, -0.2) is 18.1 Å². The molecule has 2 N–H and O–H groups in total. The van der Waals surface area contributed by atoms with E-state index < -0.39 is 0 Å². The van der Waals surface area contributed by atoms with Gasteiger partial charge in [0.05, 0.1) is 12.0 Å². The Kier molecular flexibility index (Phi) is 3.79. The van der Waals surface area contributed by atoms with Gasteiger partial charge in [-0.3, -0.25) is 0 Å². The number of nitriles is 1. The van der Waals surface area contributed by atoms with Crippen LogP contribution in [0.25, 0.3) is 10.9 Å². The number of hydrogen-bond acceptors (Lipinski definition) is 2. The van der Waals surface area contributed by atoms with Crippen molar-refractivity contribution in [3.8, 4) is 6.07 Å². The quantitative estimate of drug-likeness (QED) is 0.771. The Morgan fingerprint density at radius 2 is 2.24 bits per heavy atom. The molecule has 0 aliphatic carbocycles. The van der Waals surface area contributed by atoms with Gasteiger partial charge in [0.25, 0.3) is 0 Å². The van der Waals surface area contributed by atoms with E-state index >= 15 is 0 Å². The molecule has 1 heterocycles. The Hall–Kier alpha value is -1.79. The second kappa shape index (κ2) is 5.51. The van der Waals surface area contributed by atoms with Crippen LogP contribution in [0.15, 0.2) is 30.5 Å². The summed E-state index contributed by atoms with van der Waals surface area (Å²) in [5.41, 5.74) is 2.52. The monoisotopic (exact) mass is 227 g/mol. The smallest absolute Gasteiger partial charge is 0.0666 e. The molecule has 1 atom stereocenters. The summed E-state index contributed by atoms with van der Waals surface area (Å²) in [4.78, 5) is 3.27. The lowest BCUT2D eigenvalue weighted by molar-refractivity contribution is 0.603. The topological polar surface area (TPSA) is 51.6 Å². The maximum Gasteiger partial charge on any atom is 0.0666 e. The molecule has 0 saturated heterocycles. The maximum atomic E-state index is 8.66.